The van der Waals surface area contributed by atoms with E-state index < -0.39 is 17.2 Å². The number of hydrogen-bond donors (Lipinski definition) is 2. The number of imide groups is 1. The molecule has 3 rings (SSSR count). The number of aromatic nitrogens is 3. The molecular weight excluding hydrogens is 422 g/mol. The summed E-state index contributed by atoms with van der Waals surface area (Å²) in [5, 5.41) is 14.2. The molecule has 2 N–H and O–H groups in total. The van der Waals surface area contributed by atoms with Gasteiger partial charge in [0, 0.05) is 17.1 Å². The molecule has 0 spiro atoms. The number of carbonyl (C=O) groups excluding carboxylic acids is 2. The summed E-state index contributed by atoms with van der Waals surface area (Å²) in [7, 11) is 0. The summed E-state index contributed by atoms with van der Waals surface area (Å²) >= 11 is 7.26. The van der Waals surface area contributed by atoms with E-state index >= 15 is 0 Å². The second-order valence-corrected chi connectivity index (χ2v) is 8.24. The minimum absolute atomic E-state index is 0.395. The maximum absolute atomic E-state index is 12.4. The van der Waals surface area contributed by atoms with E-state index in [0.29, 0.717) is 29.1 Å². The van der Waals surface area contributed by atoms with Crippen molar-refractivity contribution >= 4 is 35.3 Å². The van der Waals surface area contributed by atoms with Crippen LogP contribution in [-0.2, 0) is 11.3 Å². The zero-order chi connectivity index (χ0) is 21.5. The molecule has 0 radical (unpaired) electrons. The fourth-order valence-electron chi connectivity index (χ4n) is 2.73. The van der Waals surface area contributed by atoms with Gasteiger partial charge in [-0.15, -0.1) is 10.2 Å². The molecule has 9 heteroatoms. The van der Waals surface area contributed by atoms with E-state index in [1.807, 2.05) is 47.0 Å². The van der Waals surface area contributed by atoms with Gasteiger partial charge in [-0.25, -0.2) is 4.79 Å². The van der Waals surface area contributed by atoms with E-state index in [-0.39, 0.29) is 0 Å². The minimum Gasteiger partial charge on any atom is -0.338 e. The van der Waals surface area contributed by atoms with Crippen molar-refractivity contribution < 1.29 is 9.59 Å². The predicted molar refractivity (Wildman–Crippen MR) is 119 cm³/mol. The summed E-state index contributed by atoms with van der Waals surface area (Å²) < 4.78 is 1.96. The monoisotopic (exact) mass is 443 g/mol. The maximum Gasteiger partial charge on any atom is 0.321 e. The molecule has 0 bridgehead atoms. The van der Waals surface area contributed by atoms with Crippen LogP contribution in [0.5, 0.6) is 0 Å². The summed E-state index contributed by atoms with van der Waals surface area (Å²) in [6.07, 6.45) is 0. The van der Waals surface area contributed by atoms with Crippen LogP contribution < -0.4 is 10.6 Å². The largest absolute Gasteiger partial charge is 0.338 e. The summed E-state index contributed by atoms with van der Waals surface area (Å²) in [5.74, 6) is 0.280. The van der Waals surface area contributed by atoms with Gasteiger partial charge in [0.05, 0.1) is 11.8 Å². The van der Waals surface area contributed by atoms with Crippen LogP contribution in [0.4, 0.5) is 4.79 Å². The van der Waals surface area contributed by atoms with Gasteiger partial charge in [0.25, 0.3) is 0 Å². The van der Waals surface area contributed by atoms with Crippen molar-refractivity contribution in [1.82, 2.24) is 25.4 Å². The van der Waals surface area contributed by atoms with Crippen LogP contribution in [0.2, 0.25) is 5.02 Å². The zero-order valence-electron chi connectivity index (χ0n) is 16.6. The highest BCUT2D eigenvalue weighted by Gasteiger charge is 2.22. The first kappa shape index (κ1) is 21.9. The molecule has 0 saturated carbocycles. The van der Waals surface area contributed by atoms with Crippen molar-refractivity contribution in [3.63, 3.8) is 0 Å². The third-order valence-corrected chi connectivity index (χ3v) is 5.56. The highest BCUT2D eigenvalue weighted by Crippen LogP contribution is 2.28. The average molecular weight is 444 g/mol. The molecule has 1 unspecified atom stereocenters. The Bertz CT molecular complexity index is 1010. The molecular formula is C21H22ClN5O2S. The van der Waals surface area contributed by atoms with Crippen molar-refractivity contribution in [1.29, 1.82) is 0 Å². The van der Waals surface area contributed by atoms with Gasteiger partial charge in [0.15, 0.2) is 11.0 Å². The topological polar surface area (TPSA) is 88.9 Å². The standard InChI is InChI=1S/C21H22ClN5O2S/c1-3-23-20(29)24-19(28)14(2)30-21-26-25-18(16-9-11-17(22)12-10-16)27(21)13-15-7-5-4-6-8-15/h4-12,14H,3,13H2,1-2H3,(H2,23,24,28,29). The lowest BCUT2D eigenvalue weighted by atomic mass is 10.2. The van der Waals surface area contributed by atoms with Crippen LogP contribution in [-0.4, -0.2) is 38.5 Å². The first-order valence-electron chi connectivity index (χ1n) is 9.46. The SMILES string of the molecule is CCNC(=O)NC(=O)C(C)Sc1nnc(-c2ccc(Cl)cc2)n1Cc1ccccc1. The molecule has 2 aromatic carbocycles. The second kappa shape index (κ2) is 10.3. The van der Waals surface area contributed by atoms with Gasteiger partial charge in [-0.05, 0) is 43.7 Å². The molecule has 3 amide bonds. The van der Waals surface area contributed by atoms with Gasteiger partial charge in [0.2, 0.25) is 5.91 Å². The fraction of sp³-hybridized carbons (Fsp3) is 0.238. The third kappa shape index (κ3) is 5.61. The number of amides is 3. The Morgan fingerprint density at radius 2 is 1.80 bits per heavy atom. The van der Waals surface area contributed by atoms with Crippen LogP contribution in [0.25, 0.3) is 11.4 Å². The molecule has 0 saturated heterocycles. The summed E-state index contributed by atoms with van der Waals surface area (Å²) in [4.78, 5) is 24.0. The number of nitrogens with one attached hydrogen (secondary N) is 2. The van der Waals surface area contributed by atoms with Crippen molar-refractivity contribution in [3.8, 4) is 11.4 Å². The fourth-order valence-corrected chi connectivity index (χ4v) is 3.70. The van der Waals surface area contributed by atoms with E-state index in [1.54, 1.807) is 26.0 Å². The van der Waals surface area contributed by atoms with Crippen LogP contribution in [0.1, 0.15) is 19.4 Å². The third-order valence-electron chi connectivity index (χ3n) is 4.23. The first-order valence-corrected chi connectivity index (χ1v) is 10.7. The van der Waals surface area contributed by atoms with Crippen molar-refractivity contribution in [2.45, 2.75) is 30.8 Å². The number of thioether (sulfide) groups is 1. The van der Waals surface area contributed by atoms with Crippen LogP contribution in [0.15, 0.2) is 59.8 Å². The van der Waals surface area contributed by atoms with Crippen molar-refractivity contribution in [3.05, 3.63) is 65.2 Å². The molecule has 30 heavy (non-hydrogen) atoms. The van der Waals surface area contributed by atoms with Crippen LogP contribution in [0, 0.1) is 0 Å². The number of hydrogen-bond acceptors (Lipinski definition) is 5. The van der Waals surface area contributed by atoms with E-state index in [2.05, 4.69) is 20.8 Å². The molecule has 0 fully saturated rings. The van der Waals surface area contributed by atoms with Crippen LogP contribution >= 0.6 is 23.4 Å². The van der Waals surface area contributed by atoms with Crippen molar-refractivity contribution in [2.24, 2.45) is 0 Å². The lowest BCUT2D eigenvalue weighted by Crippen LogP contribution is -2.42. The Kier molecular flexibility index (Phi) is 7.48. The highest BCUT2D eigenvalue weighted by molar-refractivity contribution is 8.00. The summed E-state index contributed by atoms with van der Waals surface area (Å²) in [6.45, 7) is 4.49. The van der Waals surface area contributed by atoms with Crippen molar-refractivity contribution in [2.75, 3.05) is 6.54 Å². The molecule has 1 atom stereocenters. The number of carbonyl (C=O) groups is 2. The Balaban J connectivity index is 1.87. The van der Waals surface area contributed by atoms with Gasteiger partial charge in [-0.3, -0.25) is 14.7 Å². The highest BCUT2D eigenvalue weighted by atomic mass is 35.5. The number of benzene rings is 2. The number of rotatable bonds is 7. The summed E-state index contributed by atoms with van der Waals surface area (Å²) in [5.41, 5.74) is 1.95. The Labute approximate surface area is 184 Å². The Morgan fingerprint density at radius 3 is 2.47 bits per heavy atom. The molecule has 156 valence electrons. The van der Waals surface area contributed by atoms with E-state index in [4.69, 9.17) is 11.6 Å². The number of halogens is 1. The van der Waals surface area contributed by atoms with Gasteiger partial charge in [0.1, 0.15) is 0 Å². The lowest BCUT2D eigenvalue weighted by Gasteiger charge is -2.14. The maximum atomic E-state index is 12.4. The van der Waals surface area contributed by atoms with Crippen LogP contribution in [0.3, 0.4) is 0 Å². The van der Waals surface area contributed by atoms with E-state index in [1.165, 1.54) is 11.8 Å². The lowest BCUT2D eigenvalue weighted by molar-refractivity contribution is -0.119. The molecule has 1 heterocycles. The van der Waals surface area contributed by atoms with Gasteiger partial charge in [-0.2, -0.15) is 0 Å². The first-order chi connectivity index (χ1) is 14.5. The molecule has 0 aliphatic carbocycles. The number of nitrogens with zero attached hydrogens (tertiary/aromatic N) is 3. The van der Waals surface area contributed by atoms with Gasteiger partial charge >= 0.3 is 6.03 Å². The quantitative estimate of drug-likeness (QED) is 0.539. The smallest absolute Gasteiger partial charge is 0.321 e. The zero-order valence-corrected chi connectivity index (χ0v) is 18.2. The second-order valence-electron chi connectivity index (χ2n) is 6.49. The van der Waals surface area contributed by atoms with Gasteiger partial charge < -0.3 is 5.32 Å². The Morgan fingerprint density at radius 1 is 1.10 bits per heavy atom. The predicted octanol–water partition coefficient (Wildman–Crippen LogP) is 3.97. The van der Waals surface area contributed by atoms with E-state index in [9.17, 15) is 9.59 Å². The molecule has 7 nitrogen and oxygen atoms in total. The molecule has 0 aliphatic rings. The van der Waals surface area contributed by atoms with E-state index in [0.717, 1.165) is 11.1 Å². The molecule has 3 aromatic rings. The summed E-state index contributed by atoms with van der Waals surface area (Å²) in [6, 6.07) is 16.8. The normalized spacial score (nSPS) is 11.7. The minimum atomic E-state index is -0.538. The van der Waals surface area contributed by atoms with Gasteiger partial charge in [-0.1, -0.05) is 53.7 Å². The number of urea groups is 1. The Hall–Kier alpha value is -2.84. The molecule has 1 aromatic heterocycles. The molecule has 0 aliphatic heterocycles. The average Bonchev–Trinajstić information content (AvgIpc) is 3.11.